The summed E-state index contributed by atoms with van der Waals surface area (Å²) in [5.41, 5.74) is 1.26. The average molecular weight is 412 g/mol. The molecule has 3 N–H and O–H groups in total. The second-order valence-electron chi connectivity index (χ2n) is 5.11. The Bertz CT molecular complexity index is 711. The zero-order chi connectivity index (χ0) is 16.0. The third-order valence-electron chi connectivity index (χ3n) is 3.81. The largest absolute Gasteiger partial charge is 0.394 e. The maximum Gasteiger partial charge on any atom is 0.178 e. The van der Waals surface area contributed by atoms with Crippen LogP contribution in [0.25, 0.3) is 11.0 Å². The van der Waals surface area contributed by atoms with Gasteiger partial charge in [-0.15, -0.1) is 0 Å². The Kier molecular flexibility index (Phi) is 4.66. The lowest BCUT2D eigenvalue weighted by Gasteiger charge is -2.37. The number of fused-ring (bicyclic) bond motifs is 1. The Morgan fingerprint density at radius 3 is 2.64 bits per heavy atom. The zero-order valence-corrected chi connectivity index (χ0v) is 14.3. The van der Waals surface area contributed by atoms with Gasteiger partial charge in [0.05, 0.1) is 40.3 Å². The molecule has 0 bridgehead atoms. The smallest absolute Gasteiger partial charge is 0.178 e. The maximum absolute atomic E-state index is 10.3. The number of nitrogens with zero attached hydrogens (tertiary/aromatic N) is 2. The van der Waals surface area contributed by atoms with Crippen molar-refractivity contribution in [3.05, 3.63) is 26.9 Å². The maximum atomic E-state index is 10.3. The molecular weight excluding hydrogens is 399 g/mol. The summed E-state index contributed by atoms with van der Waals surface area (Å²) in [7, 11) is 0. The molecule has 1 aliphatic heterocycles. The molecule has 1 fully saturated rings. The first-order valence-electron chi connectivity index (χ1n) is 6.55. The fourth-order valence-electron chi connectivity index (χ4n) is 2.63. The predicted octanol–water partition coefficient (Wildman–Crippen LogP) is 1.76. The van der Waals surface area contributed by atoms with Gasteiger partial charge in [-0.1, -0.05) is 23.2 Å². The number of halogens is 3. The second-order valence-corrected chi connectivity index (χ2v) is 6.63. The molecule has 1 aromatic carbocycles. The fourth-order valence-corrected chi connectivity index (χ4v) is 3.59. The van der Waals surface area contributed by atoms with Gasteiger partial charge in [-0.25, -0.2) is 4.98 Å². The molecular formula is C13H13BrCl2N2O4. The van der Waals surface area contributed by atoms with E-state index in [1.54, 1.807) is 16.7 Å². The van der Waals surface area contributed by atoms with Crippen LogP contribution in [-0.4, -0.2) is 56.4 Å². The van der Waals surface area contributed by atoms with Gasteiger partial charge in [-0.3, -0.25) is 0 Å². The Hall–Kier alpha value is -0.410. The van der Waals surface area contributed by atoms with E-state index in [9.17, 15) is 10.2 Å². The number of ether oxygens (including phenoxy) is 1. The van der Waals surface area contributed by atoms with Crippen molar-refractivity contribution < 1.29 is 20.1 Å². The van der Waals surface area contributed by atoms with E-state index >= 15 is 0 Å². The normalized spacial score (nSPS) is 29.2. The van der Waals surface area contributed by atoms with Crippen molar-refractivity contribution in [2.24, 2.45) is 0 Å². The number of hydrogen-bond acceptors (Lipinski definition) is 5. The highest BCUT2D eigenvalue weighted by Crippen LogP contribution is 2.35. The van der Waals surface area contributed by atoms with Crippen LogP contribution in [0.1, 0.15) is 6.04 Å². The lowest BCUT2D eigenvalue weighted by atomic mass is 9.98. The summed E-state index contributed by atoms with van der Waals surface area (Å²) < 4.78 is 7.57. The lowest BCUT2D eigenvalue weighted by Crippen LogP contribution is -2.52. The third kappa shape index (κ3) is 2.65. The van der Waals surface area contributed by atoms with Gasteiger partial charge in [0.2, 0.25) is 0 Å². The summed E-state index contributed by atoms with van der Waals surface area (Å²) in [5, 5.41) is 30.3. The standard InChI is InChI=1S/C13H13BrCl2N2O4/c14-13-17-7-1-5(15)6(16)2-8(7)18(13)9-4-22-10(3-19)12(21)11(9)20/h1-2,9-12,19-21H,3-4H2/t9-,10-,11+,12-/m0/s1. The summed E-state index contributed by atoms with van der Waals surface area (Å²) in [6.07, 6.45) is -3.12. The molecule has 22 heavy (non-hydrogen) atoms. The number of aliphatic hydroxyl groups excluding tert-OH is 3. The second kappa shape index (κ2) is 6.24. The highest BCUT2D eigenvalue weighted by Gasteiger charge is 2.40. The van der Waals surface area contributed by atoms with Crippen molar-refractivity contribution in [1.82, 2.24) is 9.55 Å². The van der Waals surface area contributed by atoms with Crippen LogP contribution in [0.15, 0.2) is 16.9 Å². The summed E-state index contributed by atoms with van der Waals surface area (Å²) in [6, 6.07) is 2.70. The van der Waals surface area contributed by atoms with Crippen LogP contribution in [0.2, 0.25) is 10.0 Å². The summed E-state index contributed by atoms with van der Waals surface area (Å²) >= 11 is 15.4. The van der Waals surface area contributed by atoms with E-state index in [-0.39, 0.29) is 13.2 Å². The minimum absolute atomic E-state index is 0.119. The van der Waals surface area contributed by atoms with Gasteiger partial charge in [-0.05, 0) is 28.1 Å². The summed E-state index contributed by atoms with van der Waals surface area (Å²) in [4.78, 5) is 4.33. The van der Waals surface area contributed by atoms with Crippen LogP contribution in [0.3, 0.4) is 0 Å². The van der Waals surface area contributed by atoms with E-state index in [4.69, 9.17) is 33.0 Å². The zero-order valence-electron chi connectivity index (χ0n) is 11.2. The summed E-state index contributed by atoms with van der Waals surface area (Å²) in [5.74, 6) is 0. The number of aliphatic hydroxyl groups is 3. The van der Waals surface area contributed by atoms with E-state index in [2.05, 4.69) is 20.9 Å². The van der Waals surface area contributed by atoms with Gasteiger partial charge in [-0.2, -0.15) is 0 Å². The summed E-state index contributed by atoms with van der Waals surface area (Å²) in [6.45, 7) is -0.244. The van der Waals surface area contributed by atoms with Crippen molar-refractivity contribution in [2.45, 2.75) is 24.4 Å². The first-order chi connectivity index (χ1) is 10.4. The van der Waals surface area contributed by atoms with E-state index in [0.29, 0.717) is 25.8 Å². The molecule has 120 valence electrons. The minimum atomic E-state index is -1.20. The van der Waals surface area contributed by atoms with Crippen molar-refractivity contribution in [2.75, 3.05) is 13.2 Å². The Labute approximate surface area is 144 Å². The molecule has 0 unspecified atom stereocenters. The highest BCUT2D eigenvalue weighted by atomic mass is 79.9. The quantitative estimate of drug-likeness (QED) is 0.700. The molecule has 0 aliphatic carbocycles. The molecule has 1 aliphatic rings. The first kappa shape index (κ1) is 16.4. The Morgan fingerprint density at radius 2 is 1.95 bits per heavy atom. The fraction of sp³-hybridized carbons (Fsp3) is 0.462. The molecule has 3 rings (SSSR count). The molecule has 2 heterocycles. The molecule has 1 aromatic heterocycles. The van der Waals surface area contributed by atoms with Gasteiger partial charge in [0.15, 0.2) is 4.73 Å². The van der Waals surface area contributed by atoms with E-state index < -0.39 is 24.4 Å². The SMILES string of the molecule is OC[C@@H]1OC[C@H](n2c(Br)nc3cc(Cl)c(Cl)cc32)[C@@H](O)[C@H]1O. The minimum Gasteiger partial charge on any atom is -0.394 e. The van der Waals surface area contributed by atoms with Crippen LogP contribution in [-0.2, 0) is 4.74 Å². The van der Waals surface area contributed by atoms with Crippen molar-refractivity contribution in [3.8, 4) is 0 Å². The van der Waals surface area contributed by atoms with E-state index in [1.165, 1.54) is 0 Å². The van der Waals surface area contributed by atoms with Crippen molar-refractivity contribution >= 4 is 50.2 Å². The average Bonchev–Trinajstić information content (AvgIpc) is 2.78. The van der Waals surface area contributed by atoms with Gasteiger partial charge in [0.1, 0.15) is 18.3 Å². The Morgan fingerprint density at radius 1 is 1.27 bits per heavy atom. The predicted molar refractivity (Wildman–Crippen MR) is 85.3 cm³/mol. The first-order valence-corrected chi connectivity index (χ1v) is 8.10. The van der Waals surface area contributed by atoms with Crippen molar-refractivity contribution in [3.63, 3.8) is 0 Å². The van der Waals surface area contributed by atoms with Crippen molar-refractivity contribution in [1.29, 1.82) is 0 Å². The van der Waals surface area contributed by atoms with Gasteiger partial charge in [0.25, 0.3) is 0 Å². The van der Waals surface area contributed by atoms with Crippen LogP contribution in [0, 0.1) is 0 Å². The van der Waals surface area contributed by atoms with Crippen LogP contribution < -0.4 is 0 Å². The van der Waals surface area contributed by atoms with Crippen LogP contribution in [0.4, 0.5) is 0 Å². The lowest BCUT2D eigenvalue weighted by molar-refractivity contribution is -0.169. The van der Waals surface area contributed by atoms with Crippen LogP contribution >= 0.6 is 39.1 Å². The van der Waals surface area contributed by atoms with Gasteiger partial charge in [0, 0.05) is 0 Å². The number of hydrogen-bond donors (Lipinski definition) is 3. The molecule has 6 nitrogen and oxygen atoms in total. The monoisotopic (exact) mass is 410 g/mol. The molecule has 4 atom stereocenters. The number of benzene rings is 1. The number of aromatic nitrogens is 2. The van der Waals surface area contributed by atoms with E-state index in [0.717, 1.165) is 0 Å². The van der Waals surface area contributed by atoms with Gasteiger partial charge < -0.3 is 24.6 Å². The number of imidazole rings is 1. The molecule has 2 aromatic rings. The van der Waals surface area contributed by atoms with E-state index in [1.807, 2.05) is 0 Å². The molecule has 0 spiro atoms. The molecule has 0 radical (unpaired) electrons. The Balaban J connectivity index is 2.06. The molecule has 0 amide bonds. The molecule has 0 saturated carbocycles. The van der Waals surface area contributed by atoms with Gasteiger partial charge >= 0.3 is 0 Å². The third-order valence-corrected chi connectivity index (χ3v) is 5.09. The topological polar surface area (TPSA) is 87.7 Å². The highest BCUT2D eigenvalue weighted by molar-refractivity contribution is 9.10. The molecule has 9 heteroatoms. The molecule has 1 saturated heterocycles. The van der Waals surface area contributed by atoms with Crippen LogP contribution in [0.5, 0.6) is 0 Å². The number of rotatable bonds is 2.